The summed E-state index contributed by atoms with van der Waals surface area (Å²) in [7, 11) is 0. The van der Waals surface area contributed by atoms with Gasteiger partial charge in [-0.25, -0.2) is 9.97 Å². The summed E-state index contributed by atoms with van der Waals surface area (Å²) in [5.41, 5.74) is 12.4. The molecule has 0 unspecified atom stereocenters. The molecule has 0 spiro atoms. The third-order valence-electron chi connectivity index (χ3n) is 7.82. The lowest BCUT2D eigenvalue weighted by molar-refractivity contribution is 0.660. The molecular formula is C36H27N3. The summed E-state index contributed by atoms with van der Waals surface area (Å²) in [6.45, 7) is 4.62. The molecule has 3 nitrogen and oxygen atoms in total. The van der Waals surface area contributed by atoms with Gasteiger partial charge >= 0.3 is 0 Å². The Labute approximate surface area is 228 Å². The van der Waals surface area contributed by atoms with Gasteiger partial charge in [-0.1, -0.05) is 117 Å². The lowest BCUT2D eigenvalue weighted by Crippen LogP contribution is -2.14. The van der Waals surface area contributed by atoms with Crippen LogP contribution in [0.4, 0.5) is 0 Å². The summed E-state index contributed by atoms with van der Waals surface area (Å²) in [5.74, 6) is 0.725. The minimum Gasteiger partial charge on any atom is -0.264 e. The van der Waals surface area contributed by atoms with Crippen molar-refractivity contribution >= 4 is 0 Å². The van der Waals surface area contributed by atoms with Gasteiger partial charge in [-0.15, -0.1) is 0 Å². The number of pyridine rings is 1. The number of hydrogen-bond donors (Lipinski definition) is 0. The van der Waals surface area contributed by atoms with Crippen molar-refractivity contribution in [2.24, 2.45) is 0 Å². The van der Waals surface area contributed by atoms with Crippen molar-refractivity contribution in [3.63, 3.8) is 0 Å². The molecule has 0 saturated heterocycles. The zero-order chi connectivity index (χ0) is 26.4. The van der Waals surface area contributed by atoms with Crippen LogP contribution in [0.1, 0.15) is 25.0 Å². The maximum absolute atomic E-state index is 5.14. The van der Waals surface area contributed by atoms with Crippen molar-refractivity contribution in [3.05, 3.63) is 139 Å². The summed E-state index contributed by atoms with van der Waals surface area (Å²) in [6, 6.07) is 40.3. The molecular weight excluding hydrogens is 474 g/mol. The van der Waals surface area contributed by atoms with Gasteiger partial charge in [0.2, 0.25) is 0 Å². The number of hydrogen-bond acceptors (Lipinski definition) is 3. The van der Waals surface area contributed by atoms with Gasteiger partial charge in [0.15, 0.2) is 5.82 Å². The maximum atomic E-state index is 5.14. The lowest BCUT2D eigenvalue weighted by atomic mass is 9.82. The second kappa shape index (κ2) is 9.14. The zero-order valence-corrected chi connectivity index (χ0v) is 22.0. The minimum atomic E-state index is -0.0673. The highest BCUT2D eigenvalue weighted by Crippen LogP contribution is 2.51. The number of aromatic nitrogens is 3. The van der Waals surface area contributed by atoms with Gasteiger partial charge in [0.1, 0.15) is 0 Å². The quantitative estimate of drug-likeness (QED) is 0.242. The van der Waals surface area contributed by atoms with E-state index in [9.17, 15) is 0 Å². The Morgan fingerprint density at radius 1 is 0.513 bits per heavy atom. The lowest BCUT2D eigenvalue weighted by Gasteiger charge is -2.21. The third kappa shape index (κ3) is 3.95. The molecule has 0 atom stereocenters. The third-order valence-corrected chi connectivity index (χ3v) is 7.82. The Kier molecular flexibility index (Phi) is 5.45. The van der Waals surface area contributed by atoms with Crippen molar-refractivity contribution < 1.29 is 0 Å². The summed E-state index contributed by atoms with van der Waals surface area (Å²) < 4.78 is 0. The number of nitrogens with zero attached hydrogens (tertiary/aromatic N) is 3. The number of fused-ring (bicyclic) bond motifs is 3. The topological polar surface area (TPSA) is 38.7 Å². The second-order valence-electron chi connectivity index (χ2n) is 10.5. The predicted octanol–water partition coefficient (Wildman–Crippen LogP) is 8.85. The maximum Gasteiger partial charge on any atom is 0.160 e. The highest BCUT2D eigenvalue weighted by molar-refractivity contribution is 5.92. The minimum absolute atomic E-state index is 0.0673. The first-order valence-electron chi connectivity index (χ1n) is 13.3. The highest BCUT2D eigenvalue weighted by atomic mass is 14.9. The number of benzene rings is 4. The van der Waals surface area contributed by atoms with Crippen molar-refractivity contribution in [3.8, 4) is 56.2 Å². The molecule has 0 saturated carbocycles. The molecule has 0 N–H and O–H groups in total. The van der Waals surface area contributed by atoms with Gasteiger partial charge in [-0.2, -0.15) is 0 Å². The first kappa shape index (κ1) is 23.2. The van der Waals surface area contributed by atoms with Crippen LogP contribution in [0.25, 0.3) is 56.2 Å². The smallest absolute Gasteiger partial charge is 0.160 e. The van der Waals surface area contributed by atoms with Crippen LogP contribution in [0, 0.1) is 0 Å². The summed E-state index contributed by atoms with van der Waals surface area (Å²) >= 11 is 0. The van der Waals surface area contributed by atoms with E-state index in [4.69, 9.17) is 9.97 Å². The average Bonchev–Trinajstić information content (AvgIpc) is 3.24. The highest BCUT2D eigenvalue weighted by Gasteiger charge is 2.36. The van der Waals surface area contributed by atoms with E-state index in [0.29, 0.717) is 0 Å². The molecule has 2 aromatic heterocycles. The van der Waals surface area contributed by atoms with Crippen LogP contribution in [0.5, 0.6) is 0 Å². The largest absolute Gasteiger partial charge is 0.264 e. The molecule has 0 bridgehead atoms. The van der Waals surface area contributed by atoms with E-state index < -0.39 is 0 Å². The number of rotatable bonds is 4. The molecule has 1 aliphatic carbocycles. The van der Waals surface area contributed by atoms with E-state index in [0.717, 1.165) is 45.0 Å². The Morgan fingerprint density at radius 2 is 1.18 bits per heavy atom. The fourth-order valence-corrected chi connectivity index (χ4v) is 5.78. The monoisotopic (exact) mass is 501 g/mol. The van der Waals surface area contributed by atoms with Crippen LogP contribution in [-0.2, 0) is 5.41 Å². The second-order valence-corrected chi connectivity index (χ2v) is 10.5. The van der Waals surface area contributed by atoms with E-state index in [-0.39, 0.29) is 5.41 Å². The van der Waals surface area contributed by atoms with E-state index >= 15 is 0 Å². The molecule has 0 radical (unpaired) electrons. The van der Waals surface area contributed by atoms with E-state index in [2.05, 4.69) is 110 Å². The summed E-state index contributed by atoms with van der Waals surface area (Å²) in [5, 5.41) is 0. The van der Waals surface area contributed by atoms with Gasteiger partial charge < -0.3 is 0 Å². The molecule has 0 amide bonds. The molecule has 7 rings (SSSR count). The SMILES string of the molecule is CC1(C)c2ccccc2-c2c(-c3cc(-c4ccc(-c5cccnc5)cc4)nc(-c4ccccc4)n3)cccc21. The molecule has 3 heteroatoms. The molecule has 39 heavy (non-hydrogen) atoms. The predicted molar refractivity (Wildman–Crippen MR) is 159 cm³/mol. The van der Waals surface area contributed by atoms with Crippen LogP contribution in [0.3, 0.4) is 0 Å². The average molecular weight is 502 g/mol. The van der Waals surface area contributed by atoms with Gasteiger partial charge in [-0.3, -0.25) is 4.98 Å². The molecule has 6 aromatic rings. The van der Waals surface area contributed by atoms with Gasteiger partial charge in [0.25, 0.3) is 0 Å². The molecule has 0 fully saturated rings. The standard InChI is InChI=1S/C36H27N3/c1-36(2)30-15-7-6-13-28(30)34-29(14-8-16-31(34)36)33-22-32(38-35(39-33)26-10-4-3-5-11-26)25-19-17-24(18-20-25)27-12-9-21-37-23-27/h3-23H,1-2H3. The van der Waals surface area contributed by atoms with Crippen molar-refractivity contribution in [1.29, 1.82) is 0 Å². The van der Waals surface area contributed by atoms with E-state index in [1.165, 1.54) is 22.3 Å². The fourth-order valence-electron chi connectivity index (χ4n) is 5.78. The summed E-state index contributed by atoms with van der Waals surface area (Å²) in [6.07, 6.45) is 3.69. The molecule has 186 valence electrons. The van der Waals surface area contributed by atoms with E-state index in [1.807, 2.05) is 30.5 Å². The Bertz CT molecular complexity index is 1810. The first-order chi connectivity index (χ1) is 19.1. The van der Waals surface area contributed by atoms with Crippen molar-refractivity contribution in [2.75, 3.05) is 0 Å². The Balaban J connectivity index is 1.42. The van der Waals surface area contributed by atoms with Gasteiger partial charge in [0, 0.05) is 34.5 Å². The van der Waals surface area contributed by atoms with Crippen LogP contribution >= 0.6 is 0 Å². The van der Waals surface area contributed by atoms with Gasteiger partial charge in [-0.05, 0) is 45.5 Å². The normalized spacial score (nSPS) is 13.1. The van der Waals surface area contributed by atoms with Gasteiger partial charge in [0.05, 0.1) is 11.4 Å². The first-order valence-corrected chi connectivity index (χ1v) is 13.3. The Hall–Kier alpha value is -4.89. The fraction of sp³-hybridized carbons (Fsp3) is 0.0833. The van der Waals surface area contributed by atoms with Crippen LogP contribution in [-0.4, -0.2) is 15.0 Å². The van der Waals surface area contributed by atoms with Crippen molar-refractivity contribution in [1.82, 2.24) is 15.0 Å². The molecule has 4 aromatic carbocycles. The molecule has 1 aliphatic rings. The van der Waals surface area contributed by atoms with Crippen LogP contribution in [0.15, 0.2) is 128 Å². The summed E-state index contributed by atoms with van der Waals surface area (Å²) in [4.78, 5) is 14.5. The zero-order valence-electron chi connectivity index (χ0n) is 22.0. The Morgan fingerprint density at radius 3 is 1.97 bits per heavy atom. The van der Waals surface area contributed by atoms with Crippen molar-refractivity contribution in [2.45, 2.75) is 19.3 Å². The molecule has 2 heterocycles. The van der Waals surface area contributed by atoms with Crippen LogP contribution < -0.4 is 0 Å². The van der Waals surface area contributed by atoms with E-state index in [1.54, 1.807) is 6.20 Å². The molecule has 0 aliphatic heterocycles. The van der Waals surface area contributed by atoms with Crippen LogP contribution in [0.2, 0.25) is 0 Å².